The second kappa shape index (κ2) is 9.51. The molecule has 0 aliphatic carbocycles. The molecule has 0 spiro atoms. The van der Waals surface area contributed by atoms with E-state index in [1.54, 1.807) is 25.1 Å². The molecule has 1 unspecified atom stereocenters. The zero-order valence-corrected chi connectivity index (χ0v) is 16.5. The quantitative estimate of drug-likeness (QED) is 0.777. The van der Waals surface area contributed by atoms with Crippen molar-refractivity contribution in [3.8, 4) is 0 Å². The van der Waals surface area contributed by atoms with E-state index in [4.69, 9.17) is 11.6 Å². The molecule has 0 fully saturated rings. The van der Waals surface area contributed by atoms with Gasteiger partial charge in [-0.05, 0) is 50.1 Å². The summed E-state index contributed by atoms with van der Waals surface area (Å²) in [4.78, 5) is 26.9. The Bertz CT molecular complexity index is 793. The molecule has 2 aromatic rings. The summed E-state index contributed by atoms with van der Waals surface area (Å²) in [5.74, 6) is -0.818. The normalized spacial score (nSPS) is 11.9. The molecule has 0 heterocycles. The summed E-state index contributed by atoms with van der Waals surface area (Å²) < 4.78 is 13.1. The van der Waals surface area contributed by atoms with Crippen molar-refractivity contribution in [3.63, 3.8) is 0 Å². The van der Waals surface area contributed by atoms with Gasteiger partial charge in [-0.1, -0.05) is 41.9 Å². The van der Waals surface area contributed by atoms with Gasteiger partial charge in [0, 0.05) is 17.6 Å². The number of hydrogen-bond acceptors (Lipinski definition) is 2. The van der Waals surface area contributed by atoms with E-state index in [9.17, 15) is 14.0 Å². The fourth-order valence-electron chi connectivity index (χ4n) is 2.68. The van der Waals surface area contributed by atoms with Crippen molar-refractivity contribution in [1.29, 1.82) is 0 Å². The highest BCUT2D eigenvalue weighted by molar-refractivity contribution is 6.31. The first-order valence-electron chi connectivity index (χ1n) is 8.85. The largest absolute Gasteiger partial charge is 0.352 e. The van der Waals surface area contributed by atoms with Crippen molar-refractivity contribution < 1.29 is 14.0 Å². The smallest absolute Gasteiger partial charge is 0.242 e. The molecule has 0 aromatic heterocycles. The summed E-state index contributed by atoms with van der Waals surface area (Å²) in [5, 5.41) is 3.37. The zero-order valence-electron chi connectivity index (χ0n) is 15.7. The number of rotatable bonds is 7. The maximum absolute atomic E-state index is 13.1. The lowest BCUT2D eigenvalue weighted by Crippen LogP contribution is -2.49. The number of halogens is 2. The van der Waals surface area contributed by atoms with E-state index in [1.807, 2.05) is 32.0 Å². The van der Waals surface area contributed by atoms with Crippen molar-refractivity contribution in [1.82, 2.24) is 10.2 Å². The van der Waals surface area contributed by atoms with Crippen LogP contribution in [0.2, 0.25) is 5.02 Å². The number of nitrogens with zero attached hydrogens (tertiary/aromatic N) is 1. The van der Waals surface area contributed by atoms with Gasteiger partial charge in [-0.25, -0.2) is 4.39 Å². The van der Waals surface area contributed by atoms with E-state index in [0.717, 1.165) is 5.56 Å². The van der Waals surface area contributed by atoms with E-state index in [1.165, 1.54) is 17.0 Å². The third kappa shape index (κ3) is 6.07. The Labute approximate surface area is 164 Å². The molecule has 6 heteroatoms. The lowest BCUT2D eigenvalue weighted by Gasteiger charge is -2.29. The molecule has 0 aliphatic heterocycles. The van der Waals surface area contributed by atoms with Crippen molar-refractivity contribution in [3.05, 3.63) is 70.5 Å². The van der Waals surface area contributed by atoms with E-state index >= 15 is 0 Å². The van der Waals surface area contributed by atoms with Gasteiger partial charge in [0.05, 0.1) is 6.42 Å². The number of nitrogens with one attached hydrogen (secondary N) is 1. The van der Waals surface area contributed by atoms with E-state index < -0.39 is 6.04 Å². The molecule has 1 atom stereocenters. The first-order chi connectivity index (χ1) is 12.8. The molecule has 2 amide bonds. The molecule has 1 N–H and O–H groups in total. The highest BCUT2D eigenvalue weighted by Crippen LogP contribution is 2.19. The fraction of sp³-hybridized carbons (Fsp3) is 0.333. The van der Waals surface area contributed by atoms with Crippen molar-refractivity contribution in [2.45, 2.75) is 45.8 Å². The summed E-state index contributed by atoms with van der Waals surface area (Å²) in [6, 6.07) is 12.3. The number of carbonyl (C=O) groups is 2. The van der Waals surface area contributed by atoms with Crippen molar-refractivity contribution in [2.24, 2.45) is 0 Å². The van der Waals surface area contributed by atoms with Crippen LogP contribution in [0.4, 0.5) is 4.39 Å². The average molecular weight is 391 g/mol. The molecular weight excluding hydrogens is 367 g/mol. The Morgan fingerprint density at radius 1 is 1.07 bits per heavy atom. The predicted octanol–water partition coefficient (Wildman–Crippen LogP) is 3.96. The Balaban J connectivity index is 2.24. The average Bonchev–Trinajstić information content (AvgIpc) is 2.61. The molecule has 0 radical (unpaired) electrons. The summed E-state index contributed by atoms with van der Waals surface area (Å²) >= 11 is 6.24. The fourth-order valence-corrected chi connectivity index (χ4v) is 2.87. The molecule has 4 nitrogen and oxygen atoms in total. The molecule has 0 aliphatic rings. The third-order valence-corrected chi connectivity index (χ3v) is 4.53. The Morgan fingerprint density at radius 3 is 2.30 bits per heavy atom. The van der Waals surface area contributed by atoms with Gasteiger partial charge in [0.1, 0.15) is 11.9 Å². The molecule has 27 heavy (non-hydrogen) atoms. The van der Waals surface area contributed by atoms with Gasteiger partial charge < -0.3 is 10.2 Å². The molecule has 0 saturated heterocycles. The Hall–Kier alpha value is -2.40. The Kier molecular flexibility index (Phi) is 7.36. The van der Waals surface area contributed by atoms with Crippen molar-refractivity contribution >= 4 is 23.4 Å². The summed E-state index contributed by atoms with van der Waals surface area (Å²) in [5.41, 5.74) is 1.44. The number of amides is 2. The van der Waals surface area contributed by atoms with Crippen LogP contribution in [0.15, 0.2) is 48.5 Å². The van der Waals surface area contributed by atoms with E-state index in [2.05, 4.69) is 5.32 Å². The molecule has 2 rings (SSSR count). The SMILES string of the molecule is CC(C)NC(=O)C(C)N(Cc1ccccc1Cl)C(=O)Cc1ccc(F)cc1. The lowest BCUT2D eigenvalue weighted by atomic mass is 10.1. The second-order valence-electron chi connectivity index (χ2n) is 6.76. The molecule has 2 aromatic carbocycles. The number of carbonyl (C=O) groups excluding carboxylic acids is 2. The molecular formula is C21H24ClFN2O2. The minimum absolute atomic E-state index is 0.0330. The van der Waals surface area contributed by atoms with Crippen LogP contribution in [0.1, 0.15) is 31.9 Å². The second-order valence-corrected chi connectivity index (χ2v) is 7.16. The van der Waals surface area contributed by atoms with Gasteiger partial charge in [0.2, 0.25) is 11.8 Å². The first-order valence-corrected chi connectivity index (χ1v) is 9.23. The highest BCUT2D eigenvalue weighted by Gasteiger charge is 2.27. The van der Waals surface area contributed by atoms with Crippen LogP contribution in [0.25, 0.3) is 0 Å². The topological polar surface area (TPSA) is 49.4 Å². The molecule has 144 valence electrons. The third-order valence-electron chi connectivity index (χ3n) is 4.17. The minimum atomic E-state index is -0.670. The van der Waals surface area contributed by atoms with Gasteiger partial charge in [-0.2, -0.15) is 0 Å². The van der Waals surface area contributed by atoms with Crippen LogP contribution in [0, 0.1) is 5.82 Å². The Morgan fingerprint density at radius 2 is 1.70 bits per heavy atom. The summed E-state index contributed by atoms with van der Waals surface area (Å²) in [6.07, 6.45) is 0.0734. The minimum Gasteiger partial charge on any atom is -0.352 e. The maximum Gasteiger partial charge on any atom is 0.242 e. The van der Waals surface area contributed by atoms with Crippen LogP contribution < -0.4 is 5.32 Å². The van der Waals surface area contributed by atoms with Gasteiger partial charge >= 0.3 is 0 Å². The summed E-state index contributed by atoms with van der Waals surface area (Å²) in [7, 11) is 0. The molecule has 0 bridgehead atoms. The van der Waals surface area contributed by atoms with E-state index in [-0.39, 0.29) is 36.6 Å². The number of benzene rings is 2. The lowest BCUT2D eigenvalue weighted by molar-refractivity contribution is -0.140. The highest BCUT2D eigenvalue weighted by atomic mass is 35.5. The van der Waals surface area contributed by atoms with Crippen LogP contribution in [-0.4, -0.2) is 28.8 Å². The van der Waals surface area contributed by atoms with Crippen LogP contribution >= 0.6 is 11.6 Å². The van der Waals surface area contributed by atoms with Crippen molar-refractivity contribution in [2.75, 3.05) is 0 Å². The van der Waals surface area contributed by atoms with Crippen LogP contribution in [-0.2, 0) is 22.6 Å². The molecule has 0 saturated carbocycles. The zero-order chi connectivity index (χ0) is 20.0. The van der Waals surface area contributed by atoms with E-state index in [0.29, 0.717) is 10.6 Å². The maximum atomic E-state index is 13.1. The van der Waals surface area contributed by atoms with Gasteiger partial charge in [0.25, 0.3) is 0 Å². The van der Waals surface area contributed by atoms with Gasteiger partial charge in [-0.3, -0.25) is 9.59 Å². The van der Waals surface area contributed by atoms with Gasteiger partial charge in [-0.15, -0.1) is 0 Å². The van der Waals surface area contributed by atoms with Gasteiger partial charge in [0.15, 0.2) is 0 Å². The standard InChI is InChI=1S/C21H24ClFN2O2/c1-14(2)24-21(27)15(3)25(13-17-6-4-5-7-19(17)22)20(26)12-16-8-10-18(23)11-9-16/h4-11,14-15H,12-13H2,1-3H3,(H,24,27). The van der Waals surface area contributed by atoms with Crippen LogP contribution in [0.3, 0.4) is 0 Å². The predicted molar refractivity (Wildman–Crippen MR) is 105 cm³/mol. The summed E-state index contributed by atoms with van der Waals surface area (Å²) in [6.45, 7) is 5.64. The first kappa shape index (κ1) is 20.9. The number of hydrogen-bond donors (Lipinski definition) is 1. The monoisotopic (exact) mass is 390 g/mol. The van der Waals surface area contributed by atoms with Crippen LogP contribution in [0.5, 0.6) is 0 Å².